The molecule has 0 aliphatic heterocycles. The van der Waals surface area contributed by atoms with Crippen LogP contribution in [0.3, 0.4) is 0 Å². The number of halogens is 3. The molecule has 1 amide bonds. The third-order valence-corrected chi connectivity index (χ3v) is 7.58. The van der Waals surface area contributed by atoms with Gasteiger partial charge in [0.25, 0.3) is 11.5 Å². The Kier molecular flexibility index (Phi) is 8.38. The Hall–Kier alpha value is -4.64. The number of carbonyl (C=O) groups is 1. The molecule has 9 nitrogen and oxygen atoms in total. The molecule has 1 N–H and O–H groups in total. The average molecular weight is 692 g/mol. The first-order valence-electron chi connectivity index (χ1n) is 13.1. The number of aromatic nitrogens is 2. The lowest BCUT2D eigenvalue weighted by molar-refractivity contribution is -0.118. The van der Waals surface area contributed by atoms with Crippen LogP contribution in [-0.4, -0.2) is 35.5 Å². The van der Waals surface area contributed by atoms with Crippen molar-refractivity contribution in [2.75, 3.05) is 19.0 Å². The number of hydrogen-bond acceptors (Lipinski definition) is 7. The van der Waals surface area contributed by atoms with E-state index in [1.807, 2.05) is 0 Å². The summed E-state index contributed by atoms with van der Waals surface area (Å²) in [6, 6.07) is 24.1. The number of methoxy groups -OCH3 is 1. The van der Waals surface area contributed by atoms with Crippen molar-refractivity contribution < 1.29 is 18.7 Å². The molecule has 44 heavy (non-hydrogen) atoms. The number of anilines is 1. The number of nitrogens with zero attached hydrogens (tertiary/aromatic N) is 3. The summed E-state index contributed by atoms with van der Waals surface area (Å²) in [5.41, 5.74) is 1.88. The summed E-state index contributed by atoms with van der Waals surface area (Å²) in [6.07, 6.45) is 1.49. The van der Waals surface area contributed by atoms with Gasteiger partial charge in [-0.2, -0.15) is 9.78 Å². The Morgan fingerprint density at radius 2 is 1.82 bits per heavy atom. The number of fused-ring (bicyclic) bond motifs is 2. The SMILES string of the molecule is COc1cc(C=Nn2c(-c3cc4cc(Cl)ccc4o3)nc3ccccc3c2=O)cc(Br)c1OCC(=O)Nc1ccc(Cl)cc1. The lowest BCUT2D eigenvalue weighted by atomic mass is 10.2. The number of benzene rings is 4. The van der Waals surface area contributed by atoms with Gasteiger partial charge in [0.15, 0.2) is 23.9 Å². The zero-order valence-corrected chi connectivity index (χ0v) is 26.0. The zero-order valence-electron chi connectivity index (χ0n) is 22.9. The maximum Gasteiger partial charge on any atom is 0.282 e. The molecule has 4 aromatic carbocycles. The van der Waals surface area contributed by atoms with E-state index in [-0.39, 0.29) is 23.9 Å². The minimum atomic E-state index is -0.377. The topological polar surface area (TPSA) is 108 Å². The van der Waals surface area contributed by atoms with Crippen molar-refractivity contribution in [3.63, 3.8) is 0 Å². The molecule has 0 aliphatic carbocycles. The Balaban J connectivity index is 1.31. The summed E-state index contributed by atoms with van der Waals surface area (Å²) in [6.45, 7) is -0.269. The maximum absolute atomic E-state index is 13.6. The second-order valence-electron chi connectivity index (χ2n) is 9.48. The summed E-state index contributed by atoms with van der Waals surface area (Å²) in [5, 5.41) is 9.52. The third kappa shape index (κ3) is 6.19. The van der Waals surface area contributed by atoms with Gasteiger partial charge in [0.2, 0.25) is 5.82 Å². The van der Waals surface area contributed by atoms with Crippen molar-refractivity contribution >= 4 is 78.8 Å². The molecule has 6 rings (SSSR count). The van der Waals surface area contributed by atoms with E-state index < -0.39 is 0 Å². The lowest BCUT2D eigenvalue weighted by Crippen LogP contribution is -2.20. The van der Waals surface area contributed by atoms with Gasteiger partial charge in [-0.05, 0) is 94.3 Å². The van der Waals surface area contributed by atoms with Gasteiger partial charge in [0.1, 0.15) is 5.58 Å². The van der Waals surface area contributed by atoms with Crippen LogP contribution in [0.15, 0.2) is 104 Å². The van der Waals surface area contributed by atoms with Crippen molar-refractivity contribution in [1.29, 1.82) is 0 Å². The lowest BCUT2D eigenvalue weighted by Gasteiger charge is -2.13. The van der Waals surface area contributed by atoms with Crippen LogP contribution in [0, 0.1) is 0 Å². The molecule has 0 fully saturated rings. The number of nitrogens with one attached hydrogen (secondary N) is 1. The molecule has 6 aromatic rings. The molecule has 0 saturated carbocycles. The maximum atomic E-state index is 13.6. The van der Waals surface area contributed by atoms with Gasteiger partial charge < -0.3 is 19.2 Å². The quantitative estimate of drug-likeness (QED) is 0.163. The van der Waals surface area contributed by atoms with Crippen molar-refractivity contribution in [2.24, 2.45) is 5.10 Å². The number of para-hydroxylation sites is 1. The van der Waals surface area contributed by atoms with Gasteiger partial charge in [0.05, 0.1) is 28.7 Å². The summed E-state index contributed by atoms with van der Waals surface area (Å²) in [5.74, 6) is 0.868. The van der Waals surface area contributed by atoms with E-state index in [1.165, 1.54) is 18.0 Å². The summed E-state index contributed by atoms with van der Waals surface area (Å²) >= 11 is 15.6. The van der Waals surface area contributed by atoms with E-state index in [9.17, 15) is 9.59 Å². The average Bonchev–Trinajstić information content (AvgIpc) is 3.44. The van der Waals surface area contributed by atoms with Crippen LogP contribution in [-0.2, 0) is 4.79 Å². The highest BCUT2D eigenvalue weighted by Gasteiger charge is 2.18. The highest BCUT2D eigenvalue weighted by atomic mass is 79.9. The molecule has 0 radical (unpaired) electrons. The van der Waals surface area contributed by atoms with Gasteiger partial charge in [-0.15, -0.1) is 0 Å². The standard InChI is InChI=1S/C32H21BrCl2N4O5/c1-42-27-13-18(12-24(33)30(27)43-17-29(40)37-22-9-6-20(34)7-10-22)16-36-39-31(38-25-5-3-2-4-23(25)32(39)41)28-15-19-14-21(35)8-11-26(19)44-28/h2-16H,17H2,1H3,(H,37,40). The van der Waals surface area contributed by atoms with Gasteiger partial charge in [-0.3, -0.25) is 9.59 Å². The molecule has 0 bridgehead atoms. The fraction of sp³-hybridized carbons (Fsp3) is 0.0625. The van der Waals surface area contributed by atoms with Crippen LogP contribution in [0.4, 0.5) is 5.69 Å². The Bertz CT molecular complexity index is 2130. The van der Waals surface area contributed by atoms with Crippen molar-refractivity contribution in [2.45, 2.75) is 0 Å². The van der Waals surface area contributed by atoms with Crippen LogP contribution in [0.5, 0.6) is 11.5 Å². The fourth-order valence-electron chi connectivity index (χ4n) is 4.46. The summed E-state index contributed by atoms with van der Waals surface area (Å²) < 4.78 is 19.0. The van der Waals surface area contributed by atoms with E-state index in [1.54, 1.807) is 84.9 Å². The molecule has 2 aromatic heterocycles. The summed E-state index contributed by atoms with van der Waals surface area (Å²) in [4.78, 5) is 30.8. The van der Waals surface area contributed by atoms with E-state index in [4.69, 9.17) is 42.1 Å². The molecule has 12 heteroatoms. The van der Waals surface area contributed by atoms with E-state index in [2.05, 4.69) is 26.3 Å². The number of furan rings is 1. The van der Waals surface area contributed by atoms with Crippen LogP contribution in [0.25, 0.3) is 33.5 Å². The van der Waals surface area contributed by atoms with Crippen LogP contribution in [0.2, 0.25) is 10.0 Å². The van der Waals surface area contributed by atoms with Crippen molar-refractivity contribution in [3.05, 3.63) is 115 Å². The van der Waals surface area contributed by atoms with Gasteiger partial charge in [0, 0.05) is 21.1 Å². The molecular formula is C32H21BrCl2N4O5. The second-order valence-corrected chi connectivity index (χ2v) is 11.2. The number of hydrogen-bond donors (Lipinski definition) is 1. The third-order valence-electron chi connectivity index (χ3n) is 6.50. The highest BCUT2D eigenvalue weighted by molar-refractivity contribution is 9.10. The molecule has 2 heterocycles. The molecule has 0 aliphatic rings. The molecule has 0 saturated heterocycles. The predicted molar refractivity (Wildman–Crippen MR) is 175 cm³/mol. The van der Waals surface area contributed by atoms with E-state index in [0.29, 0.717) is 59.5 Å². The molecule has 220 valence electrons. The highest BCUT2D eigenvalue weighted by Crippen LogP contribution is 2.36. The predicted octanol–water partition coefficient (Wildman–Crippen LogP) is 7.79. The van der Waals surface area contributed by atoms with Crippen LogP contribution in [0.1, 0.15) is 5.56 Å². The first-order chi connectivity index (χ1) is 21.3. The molecule has 0 spiro atoms. The minimum absolute atomic E-state index is 0.218. The number of carbonyl (C=O) groups excluding carboxylic acids is 1. The molecule has 0 unspecified atom stereocenters. The van der Waals surface area contributed by atoms with Gasteiger partial charge in [-0.25, -0.2) is 4.98 Å². The van der Waals surface area contributed by atoms with Crippen LogP contribution < -0.4 is 20.3 Å². The summed E-state index contributed by atoms with van der Waals surface area (Å²) in [7, 11) is 1.48. The Morgan fingerprint density at radius 1 is 1.05 bits per heavy atom. The largest absolute Gasteiger partial charge is 0.493 e. The molecular weight excluding hydrogens is 671 g/mol. The monoisotopic (exact) mass is 690 g/mol. The Labute approximate surface area is 268 Å². The van der Waals surface area contributed by atoms with Crippen LogP contribution >= 0.6 is 39.1 Å². The second kappa shape index (κ2) is 12.5. The first-order valence-corrected chi connectivity index (χ1v) is 14.7. The normalized spacial score (nSPS) is 11.4. The minimum Gasteiger partial charge on any atom is -0.493 e. The van der Waals surface area contributed by atoms with E-state index >= 15 is 0 Å². The number of amides is 1. The van der Waals surface area contributed by atoms with Crippen molar-refractivity contribution in [1.82, 2.24) is 9.66 Å². The number of rotatable bonds is 8. The first kappa shape index (κ1) is 29.4. The molecule has 0 atom stereocenters. The zero-order chi connectivity index (χ0) is 30.8. The fourth-order valence-corrected chi connectivity index (χ4v) is 5.34. The van der Waals surface area contributed by atoms with Gasteiger partial charge >= 0.3 is 0 Å². The smallest absolute Gasteiger partial charge is 0.282 e. The van der Waals surface area contributed by atoms with Crippen molar-refractivity contribution in [3.8, 4) is 23.1 Å². The number of ether oxygens (including phenoxy) is 2. The Morgan fingerprint density at radius 3 is 2.61 bits per heavy atom. The van der Waals surface area contributed by atoms with Gasteiger partial charge in [-0.1, -0.05) is 35.3 Å². The van der Waals surface area contributed by atoms with E-state index in [0.717, 1.165) is 5.39 Å².